The highest BCUT2D eigenvalue weighted by molar-refractivity contribution is 5.35. The van der Waals surface area contributed by atoms with Gasteiger partial charge in [-0.25, -0.2) is 4.74 Å². The van der Waals surface area contributed by atoms with Crippen LogP contribution in [0.1, 0.15) is 18.6 Å². The largest absolute Gasteiger partial charge is 0.388 e. The van der Waals surface area contributed by atoms with E-state index in [2.05, 4.69) is 4.74 Å². The van der Waals surface area contributed by atoms with Gasteiger partial charge in [-0.3, -0.25) is 0 Å². The quantitative estimate of drug-likeness (QED) is 0.593. The summed E-state index contributed by atoms with van der Waals surface area (Å²) in [7, 11) is 0. The molecular formula is C9H8F4O. The van der Waals surface area contributed by atoms with E-state index in [0.29, 0.717) is 0 Å². The van der Waals surface area contributed by atoms with E-state index in [-0.39, 0.29) is 7.43 Å². The third-order valence-electron chi connectivity index (χ3n) is 1.81. The first-order valence-electron chi connectivity index (χ1n) is 3.49. The van der Waals surface area contributed by atoms with Crippen LogP contribution in [0.5, 0.6) is 0 Å². The smallest absolute Gasteiger partial charge is 0.247 e. The number of rotatable bonds is 0. The molecule has 1 aliphatic heterocycles. The Hall–Kier alpha value is -1.10. The molecule has 0 spiro atoms. The molecule has 0 amide bonds. The van der Waals surface area contributed by atoms with Gasteiger partial charge in [-0.15, -0.1) is 0 Å². The molecule has 14 heavy (non-hydrogen) atoms. The van der Waals surface area contributed by atoms with E-state index in [1.54, 1.807) is 0 Å². The minimum atomic E-state index is -3.89. The molecule has 2 rings (SSSR count). The lowest BCUT2D eigenvalue weighted by Crippen LogP contribution is -2.17. The third kappa shape index (κ3) is 1.37. The molecule has 0 aliphatic carbocycles. The third-order valence-corrected chi connectivity index (χ3v) is 1.81. The maximum atomic E-state index is 12.7. The molecule has 0 bridgehead atoms. The van der Waals surface area contributed by atoms with E-state index in [0.717, 1.165) is 12.1 Å². The van der Waals surface area contributed by atoms with Crippen LogP contribution in [0.3, 0.4) is 0 Å². The Morgan fingerprint density at radius 2 is 1.21 bits per heavy atom. The Kier molecular flexibility index (Phi) is 2.31. The van der Waals surface area contributed by atoms with Gasteiger partial charge in [-0.2, -0.15) is 17.6 Å². The number of hydrogen-bond acceptors (Lipinski definition) is 1. The van der Waals surface area contributed by atoms with Gasteiger partial charge in [-0.1, -0.05) is 19.6 Å². The van der Waals surface area contributed by atoms with Crippen molar-refractivity contribution in [3.63, 3.8) is 0 Å². The van der Waals surface area contributed by atoms with Gasteiger partial charge >= 0.3 is 12.2 Å². The van der Waals surface area contributed by atoms with Crippen LogP contribution in [0.25, 0.3) is 0 Å². The van der Waals surface area contributed by atoms with Gasteiger partial charge in [-0.05, 0) is 12.1 Å². The monoisotopic (exact) mass is 208 g/mol. The van der Waals surface area contributed by atoms with Gasteiger partial charge in [0, 0.05) is 0 Å². The summed E-state index contributed by atoms with van der Waals surface area (Å²) in [6.07, 6.45) is -7.78. The summed E-state index contributed by atoms with van der Waals surface area (Å²) in [6, 6.07) is 4.38. The average molecular weight is 208 g/mol. The fourth-order valence-corrected chi connectivity index (χ4v) is 1.26. The first-order valence-corrected chi connectivity index (χ1v) is 3.49. The maximum Gasteiger partial charge on any atom is 0.388 e. The van der Waals surface area contributed by atoms with Crippen LogP contribution < -0.4 is 0 Å². The highest BCUT2D eigenvalue weighted by Gasteiger charge is 2.56. The lowest BCUT2D eigenvalue weighted by atomic mass is 10.1. The lowest BCUT2D eigenvalue weighted by molar-refractivity contribution is -0.369. The lowest BCUT2D eigenvalue weighted by Gasteiger charge is -2.10. The van der Waals surface area contributed by atoms with Gasteiger partial charge in [0.2, 0.25) is 0 Å². The van der Waals surface area contributed by atoms with Crippen molar-refractivity contribution in [1.82, 2.24) is 0 Å². The fraction of sp³-hybridized carbons (Fsp3) is 0.333. The minimum Gasteiger partial charge on any atom is -0.247 e. The maximum absolute atomic E-state index is 12.7. The van der Waals surface area contributed by atoms with Crippen LogP contribution in [0.15, 0.2) is 24.3 Å². The topological polar surface area (TPSA) is 9.23 Å². The molecule has 78 valence electrons. The summed E-state index contributed by atoms with van der Waals surface area (Å²) in [6.45, 7) is 0. The molecule has 0 radical (unpaired) electrons. The zero-order valence-corrected chi connectivity index (χ0v) is 6.23. The summed E-state index contributed by atoms with van der Waals surface area (Å²) in [5, 5.41) is 0. The normalized spacial score (nSPS) is 21.1. The van der Waals surface area contributed by atoms with Crippen molar-refractivity contribution in [2.75, 3.05) is 0 Å². The van der Waals surface area contributed by atoms with Crippen LogP contribution in [0, 0.1) is 0 Å². The van der Waals surface area contributed by atoms with E-state index in [9.17, 15) is 17.6 Å². The van der Waals surface area contributed by atoms with Crippen LogP contribution in [-0.2, 0) is 17.0 Å². The van der Waals surface area contributed by atoms with Gasteiger partial charge in [0.25, 0.3) is 0 Å². The van der Waals surface area contributed by atoms with Crippen molar-refractivity contribution in [3.8, 4) is 0 Å². The van der Waals surface area contributed by atoms with Crippen LogP contribution in [0.2, 0.25) is 0 Å². The van der Waals surface area contributed by atoms with Crippen molar-refractivity contribution in [2.45, 2.75) is 19.6 Å². The minimum absolute atomic E-state index is 0. The SMILES string of the molecule is C.FC1(F)OC(F)(F)c2ccccc21. The van der Waals surface area contributed by atoms with Gasteiger partial charge < -0.3 is 0 Å². The van der Waals surface area contributed by atoms with Crippen molar-refractivity contribution in [2.24, 2.45) is 0 Å². The Morgan fingerprint density at radius 1 is 0.857 bits per heavy atom. The summed E-state index contributed by atoms with van der Waals surface area (Å²) in [5.41, 5.74) is -1.53. The second-order valence-corrected chi connectivity index (χ2v) is 2.68. The summed E-state index contributed by atoms with van der Waals surface area (Å²) < 4.78 is 54.3. The Labute approximate surface area is 78.3 Å². The van der Waals surface area contributed by atoms with Crippen LogP contribution in [0.4, 0.5) is 17.6 Å². The van der Waals surface area contributed by atoms with Crippen molar-refractivity contribution < 1.29 is 22.3 Å². The van der Waals surface area contributed by atoms with Gasteiger partial charge in [0.1, 0.15) is 0 Å². The standard InChI is InChI=1S/C8H4F4O.CH4/c9-7(10)5-3-1-2-4-6(5)8(11,12)13-7;/h1-4H;1H4. The molecule has 1 aliphatic rings. The number of benzene rings is 1. The van der Waals surface area contributed by atoms with Crippen LogP contribution in [-0.4, -0.2) is 0 Å². The van der Waals surface area contributed by atoms with Crippen molar-refractivity contribution >= 4 is 0 Å². The highest BCUT2D eigenvalue weighted by Crippen LogP contribution is 2.50. The van der Waals surface area contributed by atoms with Gasteiger partial charge in [0.05, 0.1) is 11.1 Å². The van der Waals surface area contributed by atoms with E-state index < -0.39 is 23.3 Å². The first kappa shape index (κ1) is 11.0. The second-order valence-electron chi connectivity index (χ2n) is 2.68. The van der Waals surface area contributed by atoms with Gasteiger partial charge in [0.15, 0.2) is 0 Å². The van der Waals surface area contributed by atoms with E-state index >= 15 is 0 Å². The second kappa shape index (κ2) is 2.95. The highest BCUT2D eigenvalue weighted by atomic mass is 19.3. The van der Waals surface area contributed by atoms with Crippen LogP contribution >= 0.6 is 0 Å². The van der Waals surface area contributed by atoms with Crippen molar-refractivity contribution in [1.29, 1.82) is 0 Å². The molecule has 0 unspecified atom stereocenters. The molecule has 0 N–H and O–H groups in total. The molecule has 0 atom stereocenters. The molecule has 1 aromatic rings. The summed E-state index contributed by atoms with van der Waals surface area (Å²) >= 11 is 0. The fourth-order valence-electron chi connectivity index (χ4n) is 1.26. The zero-order chi connectivity index (χ0) is 9.69. The van der Waals surface area contributed by atoms with Crippen molar-refractivity contribution in [3.05, 3.63) is 35.4 Å². The Balaban J connectivity index is 0.000000980. The number of alkyl halides is 4. The Bertz CT molecular complexity index is 315. The summed E-state index contributed by atoms with van der Waals surface area (Å²) in [5.74, 6) is 0. The van der Waals surface area contributed by atoms with E-state index in [1.165, 1.54) is 12.1 Å². The summed E-state index contributed by atoms with van der Waals surface area (Å²) in [4.78, 5) is 0. The molecule has 5 heteroatoms. The number of halogens is 4. The Morgan fingerprint density at radius 3 is 1.57 bits per heavy atom. The average Bonchev–Trinajstić information content (AvgIpc) is 2.20. The zero-order valence-electron chi connectivity index (χ0n) is 6.23. The molecule has 1 aromatic carbocycles. The number of fused-ring (bicyclic) bond motifs is 1. The molecule has 0 saturated heterocycles. The number of ether oxygens (including phenoxy) is 1. The van der Waals surface area contributed by atoms with E-state index in [4.69, 9.17) is 0 Å². The molecule has 0 aromatic heterocycles. The predicted octanol–water partition coefficient (Wildman–Crippen LogP) is 3.45. The molecule has 1 nitrogen and oxygen atoms in total. The molecule has 0 saturated carbocycles. The molecule has 1 heterocycles. The number of hydrogen-bond donors (Lipinski definition) is 0. The predicted molar refractivity (Wildman–Crippen MR) is 42.0 cm³/mol. The van der Waals surface area contributed by atoms with E-state index in [1.807, 2.05) is 0 Å². The molecular weight excluding hydrogens is 200 g/mol. The first-order chi connectivity index (χ1) is 5.93. The molecule has 0 fully saturated rings.